The summed E-state index contributed by atoms with van der Waals surface area (Å²) >= 11 is 0. The molecule has 1 N–H and O–H groups in total. The van der Waals surface area contributed by atoms with Crippen molar-refractivity contribution in [3.05, 3.63) is 0 Å². The van der Waals surface area contributed by atoms with Crippen LogP contribution in [0, 0.1) is 5.92 Å². The number of ether oxygens (including phenoxy) is 1. The molecule has 4 nitrogen and oxygen atoms in total. The van der Waals surface area contributed by atoms with E-state index >= 15 is 0 Å². The SMILES string of the molecule is O=C(CC1CC2CCC(C1)N2)N1CCC(OC2CCCC2)CC1. The maximum atomic E-state index is 12.6. The number of nitrogens with one attached hydrogen (secondary N) is 1. The molecule has 2 bridgehead atoms. The lowest BCUT2D eigenvalue weighted by atomic mass is 9.89. The highest BCUT2D eigenvalue weighted by Crippen LogP contribution is 2.33. The number of rotatable bonds is 4. The monoisotopic (exact) mass is 320 g/mol. The summed E-state index contributed by atoms with van der Waals surface area (Å²) in [5.41, 5.74) is 0. The minimum atomic E-state index is 0.399. The zero-order valence-electron chi connectivity index (χ0n) is 14.3. The Balaban J connectivity index is 1.20. The molecule has 2 unspecified atom stereocenters. The smallest absolute Gasteiger partial charge is 0.222 e. The van der Waals surface area contributed by atoms with Crippen LogP contribution in [0.1, 0.15) is 70.6 Å². The minimum absolute atomic E-state index is 0.399. The van der Waals surface area contributed by atoms with Crippen LogP contribution in [0.25, 0.3) is 0 Å². The molecule has 0 radical (unpaired) electrons. The molecule has 0 spiro atoms. The van der Waals surface area contributed by atoms with Gasteiger partial charge in [-0.1, -0.05) is 12.8 Å². The predicted octanol–water partition coefficient (Wildman–Crippen LogP) is 2.86. The number of carbonyl (C=O) groups is 1. The van der Waals surface area contributed by atoms with Crippen LogP contribution >= 0.6 is 0 Å². The molecule has 4 rings (SSSR count). The number of fused-ring (bicyclic) bond motifs is 2. The predicted molar refractivity (Wildman–Crippen MR) is 90.2 cm³/mol. The molecule has 3 aliphatic heterocycles. The number of nitrogens with zero attached hydrogens (tertiary/aromatic N) is 1. The summed E-state index contributed by atoms with van der Waals surface area (Å²) in [6, 6.07) is 1.38. The van der Waals surface area contributed by atoms with Crippen LogP contribution in [0.5, 0.6) is 0 Å². The number of hydrogen-bond acceptors (Lipinski definition) is 3. The van der Waals surface area contributed by atoms with Crippen molar-refractivity contribution < 1.29 is 9.53 Å². The first-order valence-corrected chi connectivity index (χ1v) is 9.95. The van der Waals surface area contributed by atoms with Gasteiger partial charge in [-0.05, 0) is 57.3 Å². The molecule has 2 atom stereocenters. The third-order valence-electron chi connectivity index (χ3n) is 6.52. The Kier molecular flexibility index (Phi) is 4.91. The molecule has 0 aromatic heterocycles. The largest absolute Gasteiger partial charge is 0.375 e. The summed E-state index contributed by atoms with van der Waals surface area (Å²) in [6.45, 7) is 1.82. The zero-order valence-corrected chi connectivity index (χ0v) is 14.3. The zero-order chi connectivity index (χ0) is 15.6. The van der Waals surface area contributed by atoms with E-state index in [1.807, 2.05) is 0 Å². The van der Waals surface area contributed by atoms with E-state index in [-0.39, 0.29) is 0 Å². The van der Waals surface area contributed by atoms with Gasteiger partial charge in [-0.2, -0.15) is 0 Å². The van der Waals surface area contributed by atoms with Crippen molar-refractivity contribution in [1.29, 1.82) is 0 Å². The molecule has 1 aliphatic carbocycles. The molecule has 130 valence electrons. The summed E-state index contributed by atoms with van der Waals surface area (Å²) in [5.74, 6) is 1.02. The highest BCUT2D eigenvalue weighted by Gasteiger charge is 2.35. The maximum absolute atomic E-state index is 12.6. The molecule has 23 heavy (non-hydrogen) atoms. The van der Waals surface area contributed by atoms with E-state index in [0.29, 0.717) is 36.1 Å². The molecule has 0 aromatic carbocycles. The van der Waals surface area contributed by atoms with E-state index in [1.54, 1.807) is 0 Å². The van der Waals surface area contributed by atoms with Crippen molar-refractivity contribution in [3.63, 3.8) is 0 Å². The van der Waals surface area contributed by atoms with Crippen LogP contribution in [0.4, 0.5) is 0 Å². The molecule has 3 heterocycles. The minimum Gasteiger partial charge on any atom is -0.375 e. The highest BCUT2D eigenvalue weighted by atomic mass is 16.5. The van der Waals surface area contributed by atoms with Gasteiger partial charge in [0.2, 0.25) is 5.91 Å². The second-order valence-electron chi connectivity index (χ2n) is 8.30. The first kappa shape index (κ1) is 15.9. The fourth-order valence-corrected chi connectivity index (χ4v) is 5.26. The van der Waals surface area contributed by atoms with E-state index in [2.05, 4.69) is 10.2 Å². The van der Waals surface area contributed by atoms with Gasteiger partial charge in [0, 0.05) is 31.6 Å². The summed E-state index contributed by atoms with van der Waals surface area (Å²) < 4.78 is 6.22. The van der Waals surface area contributed by atoms with Gasteiger partial charge >= 0.3 is 0 Å². The first-order chi connectivity index (χ1) is 11.3. The topological polar surface area (TPSA) is 41.6 Å². The van der Waals surface area contributed by atoms with Crippen molar-refractivity contribution in [2.75, 3.05) is 13.1 Å². The summed E-state index contributed by atoms with van der Waals surface area (Å²) in [5, 5.41) is 3.67. The average molecular weight is 320 g/mol. The van der Waals surface area contributed by atoms with Gasteiger partial charge in [0.1, 0.15) is 0 Å². The first-order valence-electron chi connectivity index (χ1n) is 9.95. The fraction of sp³-hybridized carbons (Fsp3) is 0.947. The molecule has 4 fully saturated rings. The molecule has 1 amide bonds. The van der Waals surface area contributed by atoms with E-state index in [4.69, 9.17) is 4.74 Å². The molecule has 4 aliphatic rings. The van der Waals surface area contributed by atoms with Gasteiger partial charge in [-0.3, -0.25) is 4.79 Å². The van der Waals surface area contributed by atoms with Gasteiger partial charge in [-0.25, -0.2) is 0 Å². The van der Waals surface area contributed by atoms with E-state index in [9.17, 15) is 4.79 Å². The fourth-order valence-electron chi connectivity index (χ4n) is 5.26. The Labute approximate surface area is 140 Å². The molecular weight excluding hydrogens is 288 g/mol. The van der Waals surface area contributed by atoms with E-state index < -0.39 is 0 Å². The van der Waals surface area contributed by atoms with Crippen LogP contribution in [0.2, 0.25) is 0 Å². The van der Waals surface area contributed by atoms with Crippen molar-refractivity contribution in [1.82, 2.24) is 10.2 Å². The Morgan fingerprint density at radius 3 is 2.17 bits per heavy atom. The van der Waals surface area contributed by atoms with Crippen molar-refractivity contribution in [2.24, 2.45) is 5.92 Å². The Hall–Kier alpha value is -0.610. The van der Waals surface area contributed by atoms with Crippen LogP contribution in [-0.2, 0) is 9.53 Å². The van der Waals surface area contributed by atoms with E-state index in [0.717, 1.165) is 32.4 Å². The standard InChI is InChI=1S/C19H32N2O2/c22-19(13-14-11-15-5-6-16(12-14)20-15)21-9-7-18(8-10-21)23-17-3-1-2-4-17/h14-18,20H,1-13H2. The van der Waals surface area contributed by atoms with Gasteiger partial charge in [0.15, 0.2) is 0 Å². The van der Waals surface area contributed by atoms with Crippen LogP contribution < -0.4 is 5.32 Å². The van der Waals surface area contributed by atoms with Gasteiger partial charge in [-0.15, -0.1) is 0 Å². The highest BCUT2D eigenvalue weighted by molar-refractivity contribution is 5.76. The number of likely N-dealkylation sites (tertiary alicyclic amines) is 1. The third-order valence-corrected chi connectivity index (χ3v) is 6.52. The van der Waals surface area contributed by atoms with Gasteiger partial charge in [0.25, 0.3) is 0 Å². The lowest BCUT2D eigenvalue weighted by molar-refractivity contribution is -0.135. The quantitative estimate of drug-likeness (QED) is 0.866. The van der Waals surface area contributed by atoms with Crippen molar-refractivity contribution in [2.45, 2.75) is 94.9 Å². The molecule has 4 heteroatoms. The van der Waals surface area contributed by atoms with Crippen LogP contribution in [0.15, 0.2) is 0 Å². The van der Waals surface area contributed by atoms with Crippen LogP contribution in [-0.4, -0.2) is 48.2 Å². The second kappa shape index (κ2) is 7.10. The molecule has 1 saturated carbocycles. The lowest BCUT2D eigenvalue weighted by Gasteiger charge is -2.35. The molecule has 3 saturated heterocycles. The maximum Gasteiger partial charge on any atom is 0.222 e. The lowest BCUT2D eigenvalue weighted by Crippen LogP contribution is -2.44. The van der Waals surface area contributed by atoms with Gasteiger partial charge in [0.05, 0.1) is 12.2 Å². The van der Waals surface area contributed by atoms with Crippen molar-refractivity contribution in [3.8, 4) is 0 Å². The number of hydrogen-bond donors (Lipinski definition) is 1. The van der Waals surface area contributed by atoms with Crippen LogP contribution in [0.3, 0.4) is 0 Å². The normalized spacial score (nSPS) is 35.8. The summed E-state index contributed by atoms with van der Waals surface area (Å²) in [7, 11) is 0. The number of carbonyl (C=O) groups excluding carboxylic acids is 1. The molecular formula is C19H32N2O2. The Morgan fingerprint density at radius 2 is 1.52 bits per heavy atom. The Morgan fingerprint density at radius 1 is 0.913 bits per heavy atom. The summed E-state index contributed by atoms with van der Waals surface area (Å²) in [6.07, 6.45) is 14.0. The number of amides is 1. The number of piperidine rings is 2. The third kappa shape index (κ3) is 3.90. The summed E-state index contributed by atoms with van der Waals surface area (Å²) in [4.78, 5) is 14.7. The molecule has 0 aromatic rings. The van der Waals surface area contributed by atoms with E-state index in [1.165, 1.54) is 51.4 Å². The van der Waals surface area contributed by atoms with Crippen molar-refractivity contribution >= 4 is 5.91 Å². The Bertz CT molecular complexity index is 402. The second-order valence-corrected chi connectivity index (χ2v) is 8.30. The average Bonchev–Trinajstić information content (AvgIpc) is 3.18. The van der Waals surface area contributed by atoms with Gasteiger partial charge < -0.3 is 15.0 Å².